The first kappa shape index (κ1) is 27.7. The van der Waals surface area contributed by atoms with Crippen LogP contribution in [-0.2, 0) is 14.5 Å². The molecule has 1 aromatic carbocycles. The minimum Gasteiger partial charge on any atom is -0.383 e. The number of benzene rings is 1. The number of para-hydroxylation sites is 1. The van der Waals surface area contributed by atoms with Crippen molar-refractivity contribution >= 4 is 27.4 Å². The van der Waals surface area contributed by atoms with Crippen molar-refractivity contribution < 1.29 is 13.7 Å². The van der Waals surface area contributed by atoms with E-state index in [4.69, 9.17) is 9.84 Å². The van der Waals surface area contributed by atoms with Gasteiger partial charge in [-0.25, -0.2) is 18.7 Å². The number of likely N-dealkylation sites (tertiary alicyclic amines) is 1. The lowest BCUT2D eigenvalue weighted by Gasteiger charge is -2.18. The highest BCUT2D eigenvalue weighted by atomic mass is 32.2. The van der Waals surface area contributed by atoms with Crippen molar-refractivity contribution in [2.75, 3.05) is 51.2 Å². The second kappa shape index (κ2) is 11.6. The molecule has 1 saturated heterocycles. The van der Waals surface area contributed by atoms with Crippen LogP contribution < -0.4 is 10.6 Å². The molecule has 1 aliphatic heterocycles. The number of hydrogen-bond donors (Lipinski definition) is 2. The molecule has 0 spiro atoms. The largest absolute Gasteiger partial charge is 0.383 e. The Balaban J connectivity index is 1.63. The van der Waals surface area contributed by atoms with E-state index < -0.39 is 9.73 Å². The SMILES string of the molecule is COCCN1C[C@@H](C)[C@H](NC(=O)Nc2c(C)c(-c3cnc(N=S(C)(C)=O)c(C)c3)nn2-c2ccccc2)C1. The van der Waals surface area contributed by atoms with E-state index in [2.05, 4.69) is 31.8 Å². The molecule has 10 nitrogen and oxygen atoms in total. The van der Waals surface area contributed by atoms with Crippen LogP contribution in [0.5, 0.6) is 0 Å². The maximum atomic E-state index is 13.2. The lowest BCUT2D eigenvalue weighted by Crippen LogP contribution is -2.42. The Bertz CT molecular complexity index is 1410. The second-order valence-electron chi connectivity index (χ2n) is 10.1. The lowest BCUT2D eigenvalue weighted by atomic mass is 10.1. The fourth-order valence-corrected chi connectivity index (χ4v) is 5.25. The average Bonchev–Trinajstić information content (AvgIpc) is 3.37. The molecule has 0 unspecified atom stereocenters. The van der Waals surface area contributed by atoms with Gasteiger partial charge in [0.1, 0.15) is 5.82 Å². The summed E-state index contributed by atoms with van der Waals surface area (Å²) < 4.78 is 23.4. The van der Waals surface area contributed by atoms with E-state index in [0.717, 1.165) is 42.0 Å². The number of aromatic nitrogens is 3. The molecular formula is C27H37N7O3S. The Hall–Kier alpha value is -3.28. The van der Waals surface area contributed by atoms with Crippen molar-refractivity contribution in [3.63, 3.8) is 0 Å². The number of hydrogen-bond acceptors (Lipinski definition) is 7. The smallest absolute Gasteiger partial charge is 0.320 e. The highest BCUT2D eigenvalue weighted by Gasteiger charge is 2.31. The van der Waals surface area contributed by atoms with Crippen LogP contribution >= 0.6 is 0 Å². The zero-order chi connectivity index (χ0) is 27.4. The summed E-state index contributed by atoms with van der Waals surface area (Å²) in [5, 5.41) is 11.1. The summed E-state index contributed by atoms with van der Waals surface area (Å²) >= 11 is 0. The first-order valence-electron chi connectivity index (χ1n) is 12.6. The second-order valence-corrected chi connectivity index (χ2v) is 12.7. The first-order valence-corrected chi connectivity index (χ1v) is 15.0. The molecule has 4 rings (SSSR count). The molecule has 0 aliphatic carbocycles. The molecule has 2 aromatic heterocycles. The third-order valence-electron chi connectivity index (χ3n) is 6.60. The molecule has 11 heteroatoms. The number of urea groups is 1. The average molecular weight is 540 g/mol. The van der Waals surface area contributed by atoms with E-state index in [1.54, 1.807) is 30.5 Å². The number of rotatable bonds is 8. The van der Waals surface area contributed by atoms with Gasteiger partial charge in [-0.3, -0.25) is 10.2 Å². The van der Waals surface area contributed by atoms with Gasteiger partial charge in [-0.05, 0) is 43.5 Å². The van der Waals surface area contributed by atoms with E-state index >= 15 is 0 Å². The zero-order valence-corrected chi connectivity index (χ0v) is 23.7. The monoisotopic (exact) mass is 539 g/mol. The Kier molecular flexibility index (Phi) is 8.49. The lowest BCUT2D eigenvalue weighted by molar-refractivity contribution is 0.158. The number of methoxy groups -OCH3 is 1. The molecule has 3 aromatic rings. The van der Waals surface area contributed by atoms with Crippen LogP contribution in [0.1, 0.15) is 18.1 Å². The number of amides is 2. The van der Waals surface area contributed by atoms with Crippen LogP contribution in [0.15, 0.2) is 47.0 Å². The van der Waals surface area contributed by atoms with Gasteiger partial charge in [0.2, 0.25) is 0 Å². The van der Waals surface area contributed by atoms with E-state index in [1.807, 2.05) is 50.2 Å². The molecule has 204 valence electrons. The highest BCUT2D eigenvalue weighted by molar-refractivity contribution is 7.92. The molecule has 0 saturated carbocycles. The van der Waals surface area contributed by atoms with E-state index in [-0.39, 0.29) is 12.1 Å². The quantitative estimate of drug-likeness (QED) is 0.447. The van der Waals surface area contributed by atoms with Crippen molar-refractivity contribution in [1.29, 1.82) is 0 Å². The topological polar surface area (TPSA) is 114 Å². The highest BCUT2D eigenvalue weighted by Crippen LogP contribution is 2.32. The molecule has 0 radical (unpaired) electrons. The summed E-state index contributed by atoms with van der Waals surface area (Å²) in [5.41, 5.74) is 3.91. The number of pyridine rings is 1. The molecule has 3 heterocycles. The number of carbonyl (C=O) groups excluding carboxylic acids is 1. The van der Waals surface area contributed by atoms with Crippen molar-refractivity contribution in [2.24, 2.45) is 10.3 Å². The van der Waals surface area contributed by atoms with Crippen LogP contribution in [0.4, 0.5) is 16.4 Å². The van der Waals surface area contributed by atoms with E-state index in [0.29, 0.717) is 29.9 Å². The van der Waals surface area contributed by atoms with Gasteiger partial charge in [-0.1, -0.05) is 25.1 Å². The fourth-order valence-electron chi connectivity index (χ4n) is 4.64. The van der Waals surface area contributed by atoms with Gasteiger partial charge in [0, 0.05) is 72.4 Å². The normalized spacial score (nSPS) is 17.9. The Morgan fingerprint density at radius 3 is 2.61 bits per heavy atom. The van der Waals surface area contributed by atoms with Gasteiger partial charge in [0.15, 0.2) is 5.82 Å². The number of carbonyl (C=O) groups is 1. The van der Waals surface area contributed by atoms with Crippen LogP contribution in [0.2, 0.25) is 0 Å². The summed E-state index contributed by atoms with van der Waals surface area (Å²) in [6, 6.07) is 11.4. The summed E-state index contributed by atoms with van der Waals surface area (Å²) in [7, 11) is -0.632. The molecule has 2 N–H and O–H groups in total. The molecule has 38 heavy (non-hydrogen) atoms. The van der Waals surface area contributed by atoms with Crippen LogP contribution in [-0.4, -0.2) is 81.8 Å². The number of nitrogens with one attached hydrogen (secondary N) is 2. The molecule has 2 amide bonds. The molecular weight excluding hydrogens is 502 g/mol. The summed E-state index contributed by atoms with van der Waals surface area (Å²) in [6.45, 7) is 9.18. The van der Waals surface area contributed by atoms with Gasteiger partial charge < -0.3 is 10.1 Å². The predicted molar refractivity (Wildman–Crippen MR) is 152 cm³/mol. The van der Waals surface area contributed by atoms with Crippen molar-refractivity contribution in [3.8, 4) is 16.9 Å². The third-order valence-corrected chi connectivity index (χ3v) is 7.21. The number of ether oxygens (including phenoxy) is 1. The minimum atomic E-state index is -2.33. The first-order chi connectivity index (χ1) is 18.1. The molecule has 0 bridgehead atoms. The van der Waals surface area contributed by atoms with Crippen LogP contribution in [0.3, 0.4) is 0 Å². The van der Waals surface area contributed by atoms with Gasteiger partial charge in [0.25, 0.3) is 0 Å². The minimum absolute atomic E-state index is 0.0373. The number of aryl methyl sites for hydroxylation is 1. The summed E-state index contributed by atoms with van der Waals surface area (Å²) in [5.74, 6) is 1.36. The van der Waals surface area contributed by atoms with Crippen molar-refractivity contribution in [1.82, 2.24) is 25.0 Å². The number of anilines is 1. The standard InChI is InChI=1S/C27H37N7O3S/c1-18-14-21(15-28-25(18)32-38(5,6)36)24-20(3)26(34(31-24)22-10-8-7-9-11-22)30-27(35)29-23-17-33(12-13-37-4)16-19(23)2/h7-11,14-15,19,23H,12-13,16-17H2,1-6H3,(H2,29,30,35)/t19-,23-/m1/s1. The van der Waals surface area contributed by atoms with E-state index in [9.17, 15) is 9.00 Å². The van der Waals surface area contributed by atoms with Gasteiger partial charge >= 0.3 is 6.03 Å². The molecule has 1 fully saturated rings. The summed E-state index contributed by atoms with van der Waals surface area (Å²) in [4.78, 5) is 19.9. The van der Waals surface area contributed by atoms with E-state index in [1.165, 1.54) is 0 Å². The summed E-state index contributed by atoms with van der Waals surface area (Å²) in [6.07, 6.45) is 4.85. The van der Waals surface area contributed by atoms with Gasteiger partial charge in [0.05, 0.1) is 18.0 Å². The number of nitrogens with zero attached hydrogens (tertiary/aromatic N) is 5. The predicted octanol–water partition coefficient (Wildman–Crippen LogP) is 4.00. The molecule has 2 atom stereocenters. The van der Waals surface area contributed by atoms with Crippen LogP contribution in [0, 0.1) is 19.8 Å². The maximum Gasteiger partial charge on any atom is 0.320 e. The zero-order valence-electron chi connectivity index (χ0n) is 22.9. The Labute approximate surface area is 225 Å². The van der Waals surface area contributed by atoms with Crippen molar-refractivity contribution in [3.05, 3.63) is 53.7 Å². The Morgan fingerprint density at radius 1 is 1.21 bits per heavy atom. The fraction of sp³-hybridized carbons (Fsp3) is 0.444. The van der Waals surface area contributed by atoms with Gasteiger partial charge in [-0.15, -0.1) is 0 Å². The Morgan fingerprint density at radius 2 is 1.95 bits per heavy atom. The van der Waals surface area contributed by atoms with Crippen LogP contribution in [0.25, 0.3) is 16.9 Å². The third kappa shape index (κ3) is 6.58. The molecule has 1 aliphatic rings. The maximum absolute atomic E-state index is 13.2. The van der Waals surface area contributed by atoms with Crippen molar-refractivity contribution in [2.45, 2.75) is 26.8 Å². The van der Waals surface area contributed by atoms with Gasteiger partial charge in [-0.2, -0.15) is 9.46 Å².